The van der Waals surface area contributed by atoms with Crippen molar-refractivity contribution in [2.45, 2.75) is 12.7 Å². The molecule has 7 heteroatoms. The van der Waals surface area contributed by atoms with Crippen molar-refractivity contribution < 1.29 is 22.4 Å². The average Bonchev–Trinajstić information content (AvgIpc) is 3.03. The molecule has 3 rings (SSSR count). The van der Waals surface area contributed by atoms with E-state index in [1.54, 1.807) is 23.3 Å². The second kappa shape index (κ2) is 5.31. The number of carbonyl (C=O) groups excluding carboxylic acids is 1. The Kier molecular flexibility index (Phi) is 3.60. The normalized spacial score (nSPS) is 23.2. The third kappa shape index (κ3) is 2.81. The second-order valence-electron chi connectivity index (χ2n) is 5.64. The molecule has 0 aliphatic carbocycles. The van der Waals surface area contributed by atoms with Crippen LogP contribution in [0.5, 0.6) is 0 Å². The van der Waals surface area contributed by atoms with E-state index in [9.17, 15) is 18.0 Å². The van der Waals surface area contributed by atoms with E-state index >= 15 is 0 Å². The second-order valence-corrected chi connectivity index (χ2v) is 5.64. The molecule has 22 heavy (non-hydrogen) atoms. The number of primary amides is 1. The van der Waals surface area contributed by atoms with Crippen LogP contribution < -0.4 is 5.73 Å². The standard InChI is InChI=1S/C15H15F3N2O2/c16-15(17,18)12-8-20(7-11(12)14(19)21)6-9-1-2-13-10(5-9)3-4-22-13/h1-5,11-12H,6-8H2,(H2,19,21)/t11-,12-/m1/s1. The zero-order valence-corrected chi connectivity index (χ0v) is 11.6. The Labute approximate surface area is 124 Å². The molecule has 1 aliphatic heterocycles. The summed E-state index contributed by atoms with van der Waals surface area (Å²) in [5, 5.41) is 0.899. The lowest BCUT2D eigenvalue weighted by Gasteiger charge is -2.18. The van der Waals surface area contributed by atoms with Crippen LogP contribution in [0.3, 0.4) is 0 Å². The lowest BCUT2D eigenvalue weighted by Crippen LogP contribution is -2.37. The molecule has 2 heterocycles. The summed E-state index contributed by atoms with van der Waals surface area (Å²) in [5.74, 6) is -3.77. The molecule has 0 saturated carbocycles. The van der Waals surface area contributed by atoms with E-state index in [1.807, 2.05) is 12.1 Å². The van der Waals surface area contributed by atoms with Gasteiger partial charge in [-0.1, -0.05) is 6.07 Å². The average molecular weight is 312 g/mol. The van der Waals surface area contributed by atoms with E-state index in [-0.39, 0.29) is 13.1 Å². The summed E-state index contributed by atoms with van der Waals surface area (Å²) in [4.78, 5) is 12.9. The lowest BCUT2D eigenvalue weighted by molar-refractivity contribution is -0.182. The van der Waals surface area contributed by atoms with Crippen LogP contribution in [0.4, 0.5) is 13.2 Å². The van der Waals surface area contributed by atoms with Gasteiger partial charge in [0.1, 0.15) is 5.58 Å². The van der Waals surface area contributed by atoms with Gasteiger partial charge in [-0.05, 0) is 23.8 Å². The largest absolute Gasteiger partial charge is 0.464 e. The highest BCUT2D eigenvalue weighted by molar-refractivity contribution is 5.78. The molecule has 1 aromatic carbocycles. The Balaban J connectivity index is 1.76. The van der Waals surface area contributed by atoms with Crippen molar-refractivity contribution in [1.29, 1.82) is 0 Å². The number of likely N-dealkylation sites (tertiary alicyclic amines) is 1. The van der Waals surface area contributed by atoms with Crippen LogP contribution >= 0.6 is 0 Å². The first kappa shape index (κ1) is 14.9. The van der Waals surface area contributed by atoms with Gasteiger partial charge in [-0.25, -0.2) is 0 Å². The third-order valence-electron chi connectivity index (χ3n) is 4.10. The van der Waals surface area contributed by atoms with Crippen molar-refractivity contribution in [2.75, 3.05) is 13.1 Å². The van der Waals surface area contributed by atoms with E-state index < -0.39 is 23.9 Å². The van der Waals surface area contributed by atoms with Crippen LogP contribution in [0.1, 0.15) is 5.56 Å². The molecule has 2 aromatic rings. The molecule has 0 spiro atoms. The van der Waals surface area contributed by atoms with Gasteiger partial charge in [0.2, 0.25) is 5.91 Å². The maximum Gasteiger partial charge on any atom is 0.393 e. The number of nitrogens with two attached hydrogens (primary N) is 1. The zero-order valence-electron chi connectivity index (χ0n) is 11.6. The molecule has 2 atom stereocenters. The van der Waals surface area contributed by atoms with E-state index in [1.165, 1.54) is 0 Å². The molecule has 1 fully saturated rings. The Morgan fingerprint density at radius 1 is 1.32 bits per heavy atom. The Morgan fingerprint density at radius 2 is 2.09 bits per heavy atom. The van der Waals surface area contributed by atoms with Gasteiger partial charge in [-0.3, -0.25) is 9.69 Å². The van der Waals surface area contributed by atoms with Crippen LogP contribution in [-0.4, -0.2) is 30.1 Å². The molecule has 0 radical (unpaired) electrons. The van der Waals surface area contributed by atoms with Crippen LogP contribution in [-0.2, 0) is 11.3 Å². The predicted molar refractivity (Wildman–Crippen MR) is 73.7 cm³/mol. The highest BCUT2D eigenvalue weighted by atomic mass is 19.4. The van der Waals surface area contributed by atoms with Gasteiger partial charge >= 0.3 is 6.18 Å². The summed E-state index contributed by atoms with van der Waals surface area (Å²) < 4.78 is 44.2. The Morgan fingerprint density at radius 3 is 2.73 bits per heavy atom. The number of carbonyl (C=O) groups is 1. The van der Waals surface area contributed by atoms with Gasteiger partial charge in [0.25, 0.3) is 0 Å². The number of hydrogen-bond donors (Lipinski definition) is 1. The molecule has 2 N–H and O–H groups in total. The fourth-order valence-corrected chi connectivity index (χ4v) is 3.01. The molecular formula is C15H15F3N2O2. The van der Waals surface area contributed by atoms with Crippen LogP contribution in [0.15, 0.2) is 34.9 Å². The topological polar surface area (TPSA) is 59.5 Å². The molecular weight excluding hydrogens is 297 g/mol. The van der Waals surface area contributed by atoms with Crippen molar-refractivity contribution in [1.82, 2.24) is 4.90 Å². The minimum absolute atomic E-state index is 0.0307. The lowest BCUT2D eigenvalue weighted by atomic mass is 9.95. The summed E-state index contributed by atoms with van der Waals surface area (Å²) >= 11 is 0. The molecule has 1 saturated heterocycles. The van der Waals surface area contributed by atoms with Crippen molar-refractivity contribution in [3.05, 3.63) is 36.1 Å². The fraction of sp³-hybridized carbons (Fsp3) is 0.400. The first-order valence-electron chi connectivity index (χ1n) is 6.89. The van der Waals surface area contributed by atoms with Gasteiger partial charge in [-0.2, -0.15) is 13.2 Å². The minimum atomic E-state index is -4.41. The molecule has 118 valence electrons. The van der Waals surface area contributed by atoms with Crippen LogP contribution in [0.25, 0.3) is 11.0 Å². The number of fused-ring (bicyclic) bond motifs is 1. The van der Waals surface area contributed by atoms with Gasteiger partial charge in [-0.15, -0.1) is 0 Å². The van der Waals surface area contributed by atoms with Gasteiger partial charge in [0.15, 0.2) is 0 Å². The van der Waals surface area contributed by atoms with E-state index in [4.69, 9.17) is 10.2 Å². The number of rotatable bonds is 3. The fourth-order valence-electron chi connectivity index (χ4n) is 3.01. The molecule has 0 bridgehead atoms. The minimum Gasteiger partial charge on any atom is -0.464 e. The molecule has 0 unspecified atom stereocenters. The number of nitrogens with zero attached hydrogens (tertiary/aromatic N) is 1. The highest BCUT2D eigenvalue weighted by Gasteiger charge is 2.51. The number of hydrogen-bond acceptors (Lipinski definition) is 3. The SMILES string of the molecule is NC(=O)[C@@H]1CN(Cc2ccc3occc3c2)C[C@H]1C(F)(F)F. The summed E-state index contributed by atoms with van der Waals surface area (Å²) in [6, 6.07) is 7.27. The smallest absolute Gasteiger partial charge is 0.393 e. The number of alkyl halides is 3. The van der Waals surface area contributed by atoms with Crippen molar-refractivity contribution in [3.8, 4) is 0 Å². The Bertz CT molecular complexity index is 695. The summed E-state index contributed by atoms with van der Waals surface area (Å²) in [7, 11) is 0. The van der Waals surface area contributed by atoms with Crippen molar-refractivity contribution >= 4 is 16.9 Å². The molecule has 4 nitrogen and oxygen atoms in total. The van der Waals surface area contributed by atoms with Crippen molar-refractivity contribution in [2.24, 2.45) is 17.6 Å². The Hall–Kier alpha value is -2.02. The van der Waals surface area contributed by atoms with Crippen molar-refractivity contribution in [3.63, 3.8) is 0 Å². The molecule has 1 amide bonds. The van der Waals surface area contributed by atoms with Gasteiger partial charge < -0.3 is 10.2 Å². The van der Waals surface area contributed by atoms with E-state index in [0.717, 1.165) is 16.5 Å². The van der Waals surface area contributed by atoms with Gasteiger partial charge in [0, 0.05) is 25.0 Å². The molecule has 1 aromatic heterocycles. The number of amides is 1. The number of benzene rings is 1. The summed E-state index contributed by atoms with van der Waals surface area (Å²) in [6.07, 6.45) is -2.85. The summed E-state index contributed by atoms with van der Waals surface area (Å²) in [5.41, 5.74) is 6.73. The molecule has 1 aliphatic rings. The number of halogens is 3. The quantitative estimate of drug-likeness (QED) is 0.947. The van der Waals surface area contributed by atoms with Crippen LogP contribution in [0, 0.1) is 11.8 Å². The van der Waals surface area contributed by atoms with Gasteiger partial charge in [0.05, 0.1) is 18.1 Å². The van der Waals surface area contributed by atoms with E-state index in [0.29, 0.717) is 6.54 Å². The first-order valence-corrected chi connectivity index (χ1v) is 6.89. The highest BCUT2D eigenvalue weighted by Crippen LogP contribution is 2.38. The summed E-state index contributed by atoms with van der Waals surface area (Å²) in [6.45, 7) is 0.168. The first-order chi connectivity index (χ1) is 10.3. The zero-order chi connectivity index (χ0) is 15.9. The third-order valence-corrected chi connectivity index (χ3v) is 4.10. The monoisotopic (exact) mass is 312 g/mol. The predicted octanol–water partition coefficient (Wildman–Crippen LogP) is 2.53. The maximum absolute atomic E-state index is 13.0. The maximum atomic E-state index is 13.0. The number of furan rings is 1. The van der Waals surface area contributed by atoms with Crippen LogP contribution in [0.2, 0.25) is 0 Å². The van der Waals surface area contributed by atoms with E-state index in [2.05, 4.69) is 0 Å².